The number of carbonyl (C=O) groups is 1. The molecule has 160 valence electrons. The molecule has 0 bridgehead atoms. The van der Waals surface area contributed by atoms with Gasteiger partial charge in [0, 0.05) is 38.0 Å². The third kappa shape index (κ3) is 4.38. The first-order valence-corrected chi connectivity index (χ1v) is 10.6. The van der Waals surface area contributed by atoms with Gasteiger partial charge in [-0.05, 0) is 49.1 Å². The summed E-state index contributed by atoms with van der Waals surface area (Å²) < 4.78 is 5.31. The van der Waals surface area contributed by atoms with Gasteiger partial charge in [0.15, 0.2) is 0 Å². The van der Waals surface area contributed by atoms with E-state index in [1.807, 2.05) is 84.7 Å². The second-order valence-electron chi connectivity index (χ2n) is 7.97. The van der Waals surface area contributed by atoms with Crippen LogP contribution >= 0.6 is 0 Å². The van der Waals surface area contributed by atoms with Gasteiger partial charge in [0.05, 0.1) is 18.8 Å². The van der Waals surface area contributed by atoms with Crippen LogP contribution in [0, 0.1) is 0 Å². The summed E-state index contributed by atoms with van der Waals surface area (Å²) in [7, 11) is 5.52. The first-order valence-electron chi connectivity index (χ1n) is 10.6. The van der Waals surface area contributed by atoms with Crippen LogP contribution in [0.15, 0.2) is 60.8 Å². The van der Waals surface area contributed by atoms with E-state index in [-0.39, 0.29) is 11.9 Å². The van der Waals surface area contributed by atoms with Gasteiger partial charge in [-0.2, -0.15) is 0 Å². The van der Waals surface area contributed by atoms with Crippen LogP contribution in [-0.2, 0) is 0 Å². The van der Waals surface area contributed by atoms with Crippen molar-refractivity contribution < 1.29 is 9.53 Å². The van der Waals surface area contributed by atoms with Gasteiger partial charge in [0.2, 0.25) is 5.95 Å². The van der Waals surface area contributed by atoms with Crippen LogP contribution in [0.25, 0.3) is 11.1 Å². The molecule has 4 rings (SSSR count). The number of carbonyl (C=O) groups excluding carboxylic acids is 1. The molecule has 3 aromatic rings. The van der Waals surface area contributed by atoms with Crippen molar-refractivity contribution >= 4 is 11.9 Å². The third-order valence-electron chi connectivity index (χ3n) is 5.71. The van der Waals surface area contributed by atoms with Crippen LogP contribution in [0.5, 0.6) is 5.75 Å². The molecule has 31 heavy (non-hydrogen) atoms. The van der Waals surface area contributed by atoms with Gasteiger partial charge in [-0.15, -0.1) is 0 Å². The van der Waals surface area contributed by atoms with Crippen molar-refractivity contribution in [3.8, 4) is 16.9 Å². The van der Waals surface area contributed by atoms with Crippen molar-refractivity contribution in [3.05, 3.63) is 72.1 Å². The lowest BCUT2D eigenvalue weighted by Gasteiger charge is -2.36. The molecule has 1 aliphatic heterocycles. The molecule has 1 aliphatic rings. The van der Waals surface area contributed by atoms with Gasteiger partial charge >= 0.3 is 0 Å². The van der Waals surface area contributed by atoms with E-state index >= 15 is 0 Å². The van der Waals surface area contributed by atoms with Gasteiger partial charge in [0.25, 0.3) is 5.91 Å². The van der Waals surface area contributed by atoms with Gasteiger partial charge in [-0.25, -0.2) is 9.97 Å². The van der Waals surface area contributed by atoms with E-state index in [9.17, 15) is 4.79 Å². The zero-order chi connectivity index (χ0) is 21.8. The van der Waals surface area contributed by atoms with Crippen molar-refractivity contribution in [2.75, 3.05) is 32.6 Å². The molecule has 2 heterocycles. The molecule has 0 N–H and O–H groups in total. The number of rotatable bonds is 5. The number of piperidine rings is 1. The van der Waals surface area contributed by atoms with Crippen molar-refractivity contribution in [2.45, 2.75) is 25.3 Å². The average Bonchev–Trinajstić information content (AvgIpc) is 2.84. The Morgan fingerprint density at radius 2 is 1.81 bits per heavy atom. The SMILES string of the molecule is COc1ccc(-c2cnc(N(C)C)nc2C2CCCCN2C(=O)c2ccccc2)cc1. The molecule has 6 nitrogen and oxygen atoms in total. The number of benzene rings is 2. The molecule has 2 aromatic carbocycles. The number of aromatic nitrogens is 2. The Morgan fingerprint density at radius 1 is 1.06 bits per heavy atom. The van der Waals surface area contributed by atoms with E-state index < -0.39 is 0 Å². The van der Waals surface area contributed by atoms with Gasteiger partial charge in [-0.1, -0.05) is 30.3 Å². The zero-order valence-electron chi connectivity index (χ0n) is 18.3. The highest BCUT2D eigenvalue weighted by atomic mass is 16.5. The first kappa shape index (κ1) is 20.8. The largest absolute Gasteiger partial charge is 0.497 e. The third-order valence-corrected chi connectivity index (χ3v) is 5.71. The normalized spacial score (nSPS) is 16.1. The molecular formula is C25H28N4O2. The van der Waals surface area contributed by atoms with Gasteiger partial charge < -0.3 is 14.5 Å². The Kier molecular flexibility index (Phi) is 6.16. The molecular weight excluding hydrogens is 388 g/mol. The number of hydrogen-bond acceptors (Lipinski definition) is 5. The predicted octanol–water partition coefficient (Wildman–Crippen LogP) is 4.59. The van der Waals surface area contributed by atoms with Crippen LogP contribution in [-0.4, -0.2) is 48.5 Å². The smallest absolute Gasteiger partial charge is 0.254 e. The number of methoxy groups -OCH3 is 1. The number of ether oxygens (including phenoxy) is 1. The second-order valence-corrected chi connectivity index (χ2v) is 7.97. The lowest BCUT2D eigenvalue weighted by Crippen LogP contribution is -2.39. The monoisotopic (exact) mass is 416 g/mol. The number of anilines is 1. The first-order chi connectivity index (χ1) is 15.1. The lowest BCUT2D eigenvalue weighted by atomic mass is 9.93. The average molecular weight is 417 g/mol. The van der Waals surface area contributed by atoms with Crippen molar-refractivity contribution in [1.29, 1.82) is 0 Å². The molecule has 1 amide bonds. The molecule has 1 aromatic heterocycles. The minimum atomic E-state index is -0.0970. The van der Waals surface area contributed by atoms with E-state index in [1.165, 1.54) is 0 Å². The Hall–Kier alpha value is -3.41. The van der Waals surface area contributed by atoms with Gasteiger partial charge in [-0.3, -0.25) is 4.79 Å². The van der Waals surface area contributed by atoms with E-state index in [4.69, 9.17) is 9.72 Å². The van der Waals surface area contributed by atoms with E-state index in [2.05, 4.69) is 4.98 Å². The maximum absolute atomic E-state index is 13.4. The number of likely N-dealkylation sites (tertiary alicyclic amines) is 1. The van der Waals surface area contributed by atoms with Crippen molar-refractivity contribution in [1.82, 2.24) is 14.9 Å². The fraction of sp³-hybridized carbons (Fsp3) is 0.320. The van der Waals surface area contributed by atoms with E-state index in [1.54, 1.807) is 7.11 Å². The molecule has 1 fully saturated rings. The summed E-state index contributed by atoms with van der Waals surface area (Å²) in [5.74, 6) is 1.50. The number of hydrogen-bond donors (Lipinski definition) is 0. The summed E-state index contributed by atoms with van der Waals surface area (Å²) in [5.41, 5.74) is 3.57. The van der Waals surface area contributed by atoms with E-state index in [0.29, 0.717) is 11.5 Å². The van der Waals surface area contributed by atoms with E-state index in [0.717, 1.165) is 48.4 Å². The van der Waals surface area contributed by atoms with Crippen LogP contribution in [0.3, 0.4) is 0 Å². The lowest BCUT2D eigenvalue weighted by molar-refractivity contribution is 0.0607. The molecule has 0 radical (unpaired) electrons. The molecule has 0 saturated carbocycles. The number of amides is 1. The molecule has 1 atom stereocenters. The topological polar surface area (TPSA) is 58.6 Å². The molecule has 0 spiro atoms. The Labute approximate surface area is 183 Å². The minimum absolute atomic E-state index is 0.0518. The predicted molar refractivity (Wildman–Crippen MR) is 122 cm³/mol. The highest BCUT2D eigenvalue weighted by molar-refractivity contribution is 5.94. The highest BCUT2D eigenvalue weighted by Crippen LogP contribution is 2.37. The summed E-state index contributed by atoms with van der Waals surface area (Å²) >= 11 is 0. The van der Waals surface area contributed by atoms with Gasteiger partial charge in [0.1, 0.15) is 5.75 Å². The standard InChI is InChI=1S/C25H28N4O2/c1-28(2)25-26-17-21(18-12-14-20(31-3)15-13-18)23(27-25)22-11-7-8-16-29(22)24(30)19-9-5-4-6-10-19/h4-6,9-10,12-15,17,22H,7-8,11,16H2,1-3H3. The van der Waals surface area contributed by atoms with Crippen LogP contribution in [0.4, 0.5) is 5.95 Å². The summed E-state index contributed by atoms with van der Waals surface area (Å²) in [6.07, 6.45) is 4.82. The number of nitrogens with zero attached hydrogens (tertiary/aromatic N) is 4. The maximum atomic E-state index is 13.4. The van der Waals surface area contributed by atoms with Crippen LogP contribution in [0.2, 0.25) is 0 Å². The van der Waals surface area contributed by atoms with Crippen LogP contribution < -0.4 is 9.64 Å². The van der Waals surface area contributed by atoms with Crippen LogP contribution in [0.1, 0.15) is 41.4 Å². The quantitative estimate of drug-likeness (QED) is 0.609. The molecule has 6 heteroatoms. The highest BCUT2D eigenvalue weighted by Gasteiger charge is 2.32. The minimum Gasteiger partial charge on any atom is -0.497 e. The second kappa shape index (κ2) is 9.16. The summed E-state index contributed by atoms with van der Waals surface area (Å²) in [6.45, 7) is 0.724. The van der Waals surface area contributed by atoms with Crippen molar-refractivity contribution in [2.24, 2.45) is 0 Å². The fourth-order valence-corrected chi connectivity index (χ4v) is 4.05. The molecule has 0 aliphatic carbocycles. The Balaban J connectivity index is 1.79. The Morgan fingerprint density at radius 3 is 2.48 bits per heavy atom. The molecule has 1 unspecified atom stereocenters. The summed E-state index contributed by atoms with van der Waals surface area (Å²) in [4.78, 5) is 26.8. The summed E-state index contributed by atoms with van der Waals surface area (Å²) in [6, 6.07) is 17.3. The van der Waals surface area contributed by atoms with Crippen molar-refractivity contribution in [3.63, 3.8) is 0 Å². The fourth-order valence-electron chi connectivity index (χ4n) is 4.05. The molecule has 1 saturated heterocycles. The Bertz CT molecular complexity index is 1040. The maximum Gasteiger partial charge on any atom is 0.254 e. The summed E-state index contributed by atoms with van der Waals surface area (Å²) in [5, 5.41) is 0. The zero-order valence-corrected chi connectivity index (χ0v) is 18.3.